The number of hydrogen-bond donors (Lipinski definition) is 2. The Hall–Kier alpha value is -2.96. The molecule has 1 heterocycles. The van der Waals surface area contributed by atoms with E-state index < -0.39 is 4.92 Å². The van der Waals surface area contributed by atoms with Gasteiger partial charge in [-0.05, 0) is 12.1 Å². The quantitative estimate of drug-likeness (QED) is 0.496. The molecule has 0 aliphatic carbocycles. The maximum absolute atomic E-state index is 11.0. The summed E-state index contributed by atoms with van der Waals surface area (Å²) < 4.78 is 5.31. The number of halogens is 1. The maximum atomic E-state index is 11.0. The van der Waals surface area contributed by atoms with Gasteiger partial charge in [0.15, 0.2) is 0 Å². The highest BCUT2D eigenvalue weighted by Gasteiger charge is 2.19. The minimum Gasteiger partial charge on any atom is -0.430 e. The summed E-state index contributed by atoms with van der Waals surface area (Å²) in [4.78, 5) is 17.9. The molecule has 0 fully saturated rings. The molecule has 0 aliphatic rings. The van der Waals surface area contributed by atoms with Crippen molar-refractivity contribution in [2.24, 2.45) is 5.84 Å². The van der Waals surface area contributed by atoms with Gasteiger partial charge in [-0.1, -0.05) is 11.6 Å². The van der Waals surface area contributed by atoms with E-state index in [0.29, 0.717) is 0 Å². The number of nitrogens with one attached hydrogen (secondary N) is 1. The van der Waals surface area contributed by atoms with E-state index in [-0.39, 0.29) is 33.9 Å². The van der Waals surface area contributed by atoms with E-state index in [1.54, 1.807) is 6.07 Å². The first-order chi connectivity index (χ1) is 10.0. The Bertz CT molecular complexity index is 745. The Morgan fingerprint density at radius 1 is 1.52 bits per heavy atom. The smallest absolute Gasteiger partial charge is 0.312 e. The maximum Gasteiger partial charge on any atom is 0.312 e. The topological polar surface area (TPSA) is 140 Å². The van der Waals surface area contributed by atoms with Crippen molar-refractivity contribution in [1.29, 1.82) is 5.26 Å². The van der Waals surface area contributed by atoms with E-state index in [1.807, 2.05) is 0 Å². The van der Waals surface area contributed by atoms with Crippen LogP contribution in [0.3, 0.4) is 0 Å². The van der Waals surface area contributed by atoms with Crippen molar-refractivity contribution < 1.29 is 9.66 Å². The Morgan fingerprint density at radius 3 is 2.90 bits per heavy atom. The standard InChI is InChI=1S/C11H7ClN6O3/c12-7-5-15-11(17-14)16-10(7)21-9-2-1-6(4-13)3-8(9)18(19)20/h1-3,5H,14H2,(H,15,16,17). The summed E-state index contributed by atoms with van der Waals surface area (Å²) in [6.45, 7) is 0. The van der Waals surface area contributed by atoms with Crippen molar-refractivity contribution in [3.63, 3.8) is 0 Å². The molecule has 0 saturated heterocycles. The predicted molar refractivity (Wildman–Crippen MR) is 72.7 cm³/mol. The summed E-state index contributed by atoms with van der Waals surface area (Å²) in [5, 5.41) is 19.8. The molecule has 2 rings (SSSR count). The molecule has 0 atom stereocenters. The molecule has 0 unspecified atom stereocenters. The van der Waals surface area contributed by atoms with Crippen LogP contribution >= 0.6 is 11.6 Å². The fourth-order valence-corrected chi connectivity index (χ4v) is 1.54. The molecule has 1 aromatic heterocycles. The first-order valence-corrected chi connectivity index (χ1v) is 5.78. The van der Waals surface area contributed by atoms with Gasteiger partial charge in [0.2, 0.25) is 17.6 Å². The molecular formula is C11H7ClN6O3. The van der Waals surface area contributed by atoms with Gasteiger partial charge >= 0.3 is 5.69 Å². The van der Waals surface area contributed by atoms with Crippen LogP contribution in [0.25, 0.3) is 0 Å². The van der Waals surface area contributed by atoms with E-state index >= 15 is 0 Å². The number of nitriles is 1. The lowest BCUT2D eigenvalue weighted by atomic mass is 10.2. The van der Waals surface area contributed by atoms with Crippen molar-refractivity contribution in [2.75, 3.05) is 5.43 Å². The molecule has 1 aromatic carbocycles. The second-order valence-electron chi connectivity index (χ2n) is 3.64. The molecular weight excluding hydrogens is 300 g/mol. The number of hydrazine groups is 1. The molecule has 3 N–H and O–H groups in total. The molecule has 0 bridgehead atoms. The highest BCUT2D eigenvalue weighted by molar-refractivity contribution is 6.31. The van der Waals surface area contributed by atoms with E-state index in [4.69, 9.17) is 27.4 Å². The molecule has 0 amide bonds. The fraction of sp³-hybridized carbons (Fsp3) is 0. The van der Waals surface area contributed by atoms with Crippen molar-refractivity contribution in [3.05, 3.63) is 45.1 Å². The Labute approximate surface area is 123 Å². The van der Waals surface area contributed by atoms with Gasteiger partial charge in [0.05, 0.1) is 22.8 Å². The van der Waals surface area contributed by atoms with Gasteiger partial charge < -0.3 is 4.74 Å². The second-order valence-corrected chi connectivity index (χ2v) is 4.05. The molecule has 106 valence electrons. The monoisotopic (exact) mass is 306 g/mol. The van der Waals surface area contributed by atoms with Gasteiger partial charge in [-0.3, -0.25) is 15.5 Å². The van der Waals surface area contributed by atoms with Crippen LogP contribution in [0.4, 0.5) is 11.6 Å². The Balaban J connectivity index is 2.44. The average molecular weight is 307 g/mol. The van der Waals surface area contributed by atoms with Gasteiger partial charge in [0.1, 0.15) is 5.02 Å². The number of nitro benzene ring substituents is 1. The number of nitrogens with zero attached hydrogens (tertiary/aromatic N) is 4. The zero-order valence-electron chi connectivity index (χ0n) is 10.3. The summed E-state index contributed by atoms with van der Waals surface area (Å²) >= 11 is 5.85. The van der Waals surface area contributed by atoms with Crippen LogP contribution in [0.15, 0.2) is 24.4 Å². The normalized spacial score (nSPS) is 9.76. The van der Waals surface area contributed by atoms with Crippen LogP contribution in [-0.4, -0.2) is 14.9 Å². The minimum absolute atomic E-state index is 0.0331. The zero-order chi connectivity index (χ0) is 15.4. The van der Waals surface area contributed by atoms with Crippen LogP contribution in [0, 0.1) is 21.4 Å². The van der Waals surface area contributed by atoms with Gasteiger partial charge in [-0.25, -0.2) is 10.8 Å². The third-order valence-electron chi connectivity index (χ3n) is 2.33. The lowest BCUT2D eigenvalue weighted by molar-refractivity contribution is -0.385. The highest BCUT2D eigenvalue weighted by atomic mass is 35.5. The van der Waals surface area contributed by atoms with Crippen LogP contribution in [0.5, 0.6) is 11.6 Å². The third kappa shape index (κ3) is 3.14. The summed E-state index contributed by atoms with van der Waals surface area (Å²) in [6, 6.07) is 5.55. The predicted octanol–water partition coefficient (Wildman–Crippen LogP) is 1.99. The number of nitrogens with two attached hydrogens (primary N) is 1. The van der Waals surface area contributed by atoms with Crippen LogP contribution in [0.1, 0.15) is 5.56 Å². The number of nitro groups is 1. The van der Waals surface area contributed by atoms with Crippen molar-refractivity contribution in [3.8, 4) is 17.7 Å². The number of ether oxygens (including phenoxy) is 1. The fourth-order valence-electron chi connectivity index (χ4n) is 1.41. The van der Waals surface area contributed by atoms with Crippen molar-refractivity contribution >= 4 is 23.2 Å². The number of benzene rings is 1. The lowest BCUT2D eigenvalue weighted by Gasteiger charge is -2.08. The molecule has 9 nitrogen and oxygen atoms in total. The highest BCUT2D eigenvalue weighted by Crippen LogP contribution is 2.34. The van der Waals surface area contributed by atoms with Crippen molar-refractivity contribution in [1.82, 2.24) is 9.97 Å². The second kappa shape index (κ2) is 6.00. The van der Waals surface area contributed by atoms with E-state index in [9.17, 15) is 10.1 Å². The number of hydrogen-bond acceptors (Lipinski definition) is 8. The lowest BCUT2D eigenvalue weighted by Crippen LogP contribution is -2.10. The molecule has 0 spiro atoms. The molecule has 0 aliphatic heterocycles. The number of aromatic nitrogens is 2. The first kappa shape index (κ1) is 14.4. The van der Waals surface area contributed by atoms with Crippen LogP contribution in [0.2, 0.25) is 5.02 Å². The van der Waals surface area contributed by atoms with E-state index in [0.717, 1.165) is 6.07 Å². The molecule has 2 aromatic rings. The number of nitrogen functional groups attached to an aromatic ring is 1. The first-order valence-electron chi connectivity index (χ1n) is 5.40. The van der Waals surface area contributed by atoms with Gasteiger partial charge in [-0.15, -0.1) is 0 Å². The van der Waals surface area contributed by atoms with Crippen LogP contribution in [-0.2, 0) is 0 Å². The van der Waals surface area contributed by atoms with Gasteiger partial charge in [0, 0.05) is 6.07 Å². The summed E-state index contributed by atoms with van der Waals surface area (Å²) in [7, 11) is 0. The summed E-state index contributed by atoms with van der Waals surface area (Å²) in [5.41, 5.74) is 1.95. The summed E-state index contributed by atoms with van der Waals surface area (Å²) in [6.07, 6.45) is 1.23. The van der Waals surface area contributed by atoms with E-state index in [1.165, 1.54) is 18.3 Å². The average Bonchev–Trinajstić information content (AvgIpc) is 2.49. The Morgan fingerprint density at radius 2 is 2.29 bits per heavy atom. The van der Waals surface area contributed by atoms with Crippen LogP contribution < -0.4 is 16.0 Å². The van der Waals surface area contributed by atoms with Gasteiger partial charge in [0.25, 0.3) is 0 Å². The largest absolute Gasteiger partial charge is 0.430 e. The zero-order valence-corrected chi connectivity index (χ0v) is 11.0. The van der Waals surface area contributed by atoms with Crippen molar-refractivity contribution in [2.45, 2.75) is 0 Å². The third-order valence-corrected chi connectivity index (χ3v) is 2.59. The van der Waals surface area contributed by atoms with Gasteiger partial charge in [-0.2, -0.15) is 10.2 Å². The number of anilines is 1. The SMILES string of the molecule is N#Cc1ccc(Oc2nc(NN)ncc2Cl)c([N+](=O)[O-])c1. The summed E-state index contributed by atoms with van der Waals surface area (Å²) in [5.74, 6) is 4.98. The molecule has 21 heavy (non-hydrogen) atoms. The Kier molecular flexibility index (Phi) is 4.13. The molecule has 0 radical (unpaired) electrons. The minimum atomic E-state index is -0.673. The van der Waals surface area contributed by atoms with E-state index in [2.05, 4.69) is 15.4 Å². The molecule has 10 heteroatoms. The number of rotatable bonds is 4. The molecule has 0 saturated carbocycles.